The zero-order chi connectivity index (χ0) is 17.4. The van der Waals surface area contributed by atoms with Crippen LogP contribution in [0.3, 0.4) is 0 Å². The third-order valence-electron chi connectivity index (χ3n) is 5.20. The molecule has 138 valence electrons. The molecular weight excluding hydrogens is 385 g/mol. The summed E-state index contributed by atoms with van der Waals surface area (Å²) in [6.07, 6.45) is 18.9. The summed E-state index contributed by atoms with van der Waals surface area (Å²) in [5, 5.41) is 0. The molecule has 0 aliphatic rings. The zero-order valence-corrected chi connectivity index (χ0v) is 19.9. The van der Waals surface area contributed by atoms with Crippen LogP contribution in [0.5, 0.6) is 0 Å². The van der Waals surface area contributed by atoms with Crippen molar-refractivity contribution in [3.8, 4) is 0 Å². The van der Waals surface area contributed by atoms with Crippen LogP contribution in [0.2, 0.25) is 13.3 Å². The van der Waals surface area contributed by atoms with E-state index in [9.17, 15) is 0 Å². The van der Waals surface area contributed by atoms with Crippen LogP contribution in [0.4, 0.5) is 0 Å². The van der Waals surface area contributed by atoms with Crippen LogP contribution in [0.15, 0.2) is 12.3 Å². The number of unbranched alkanes of at least 4 members (excludes halogenated alkanes) is 6. The second-order valence-electron chi connectivity index (χ2n) is 7.20. The summed E-state index contributed by atoms with van der Waals surface area (Å²) in [6, 6.07) is 0. The standard InChI is InChI=1S/C9H18N.3C4H9.Sn/c1-3-5-6-7-8-9-10-4-2;3*1-3-4-2;/h8-9H,3-7H2,1-2H3;3*1,3-4H2,2H3;/q-1;;;;+1. The zero-order valence-electron chi connectivity index (χ0n) is 17.0. The minimum absolute atomic E-state index is 1.25. The van der Waals surface area contributed by atoms with Crippen molar-refractivity contribution < 1.29 is 0 Å². The van der Waals surface area contributed by atoms with Crippen LogP contribution in [-0.4, -0.2) is 28.3 Å². The molecule has 0 aromatic heterocycles. The Morgan fingerprint density at radius 1 is 0.652 bits per heavy atom. The Bertz CT molecular complexity index is 253. The molecule has 0 unspecified atom stereocenters. The molecule has 0 heterocycles. The number of rotatable bonds is 16. The molecule has 1 nitrogen and oxygen atoms in total. The first-order chi connectivity index (χ1) is 11.2. The number of hydrogen-bond acceptors (Lipinski definition) is 1. The normalized spacial score (nSPS) is 12.2. The number of allylic oxidation sites excluding steroid dienone is 1. The molecule has 0 radical (unpaired) electrons. The van der Waals surface area contributed by atoms with E-state index in [1.165, 1.54) is 70.8 Å². The van der Waals surface area contributed by atoms with Gasteiger partial charge < -0.3 is 0 Å². The Morgan fingerprint density at radius 2 is 1.13 bits per heavy atom. The van der Waals surface area contributed by atoms with E-state index >= 15 is 0 Å². The van der Waals surface area contributed by atoms with Gasteiger partial charge in [0.25, 0.3) is 0 Å². The summed E-state index contributed by atoms with van der Waals surface area (Å²) in [6.45, 7) is 13.0. The first kappa shape index (κ1) is 23.3. The molecule has 23 heavy (non-hydrogen) atoms. The van der Waals surface area contributed by atoms with Crippen molar-refractivity contribution in [2.75, 3.05) is 6.54 Å². The Balaban J connectivity index is 5.01. The Kier molecular flexibility index (Phi) is 16.1. The van der Waals surface area contributed by atoms with Gasteiger partial charge in [0.05, 0.1) is 0 Å². The first-order valence-electron chi connectivity index (χ1n) is 10.6. The van der Waals surface area contributed by atoms with Gasteiger partial charge in [0.15, 0.2) is 0 Å². The van der Waals surface area contributed by atoms with Gasteiger partial charge in [0.1, 0.15) is 0 Å². The van der Waals surface area contributed by atoms with Gasteiger partial charge in [0.2, 0.25) is 0 Å². The van der Waals surface area contributed by atoms with Crippen molar-refractivity contribution in [3.05, 3.63) is 12.3 Å². The molecule has 0 spiro atoms. The van der Waals surface area contributed by atoms with Crippen LogP contribution in [-0.2, 0) is 0 Å². The second-order valence-corrected chi connectivity index (χ2v) is 20.1. The maximum atomic E-state index is 2.92. The molecular formula is C21H45NSn. The van der Waals surface area contributed by atoms with Crippen molar-refractivity contribution in [2.45, 2.75) is 112 Å². The summed E-state index contributed by atoms with van der Waals surface area (Å²) < 4.78 is 7.66. The molecule has 0 atom stereocenters. The molecule has 0 bridgehead atoms. The molecule has 0 aromatic rings. The molecule has 0 saturated carbocycles. The third kappa shape index (κ3) is 10.0. The summed E-state index contributed by atoms with van der Waals surface area (Å²) in [5.74, 6) is 0. The molecule has 2 heteroatoms. The van der Waals surface area contributed by atoms with E-state index in [2.05, 4.69) is 50.0 Å². The summed E-state index contributed by atoms with van der Waals surface area (Å²) in [4.78, 5) is 0. The van der Waals surface area contributed by atoms with Gasteiger partial charge in [-0.1, -0.05) is 0 Å². The van der Waals surface area contributed by atoms with Gasteiger partial charge in [-0.2, -0.15) is 0 Å². The van der Waals surface area contributed by atoms with Gasteiger partial charge in [-0.15, -0.1) is 0 Å². The van der Waals surface area contributed by atoms with Crippen LogP contribution in [0.1, 0.15) is 98.8 Å². The van der Waals surface area contributed by atoms with E-state index in [4.69, 9.17) is 0 Å². The topological polar surface area (TPSA) is 3.24 Å². The Morgan fingerprint density at radius 3 is 1.52 bits per heavy atom. The molecule has 0 rings (SSSR count). The van der Waals surface area contributed by atoms with Crippen molar-refractivity contribution >= 4 is 18.7 Å². The number of nitrogens with zero attached hydrogens (tertiary/aromatic N) is 1. The maximum absolute atomic E-state index is 2.92. The van der Waals surface area contributed by atoms with E-state index < -0.39 is 18.7 Å². The van der Waals surface area contributed by atoms with Crippen LogP contribution >= 0.6 is 0 Å². The molecule has 0 fully saturated rings. The van der Waals surface area contributed by atoms with E-state index in [0.29, 0.717) is 0 Å². The molecule has 0 aliphatic heterocycles. The fraction of sp³-hybridized carbons (Fsp3) is 0.905. The van der Waals surface area contributed by atoms with E-state index in [1.54, 1.807) is 13.3 Å². The predicted octanol–water partition coefficient (Wildman–Crippen LogP) is 7.75. The summed E-state index contributed by atoms with van der Waals surface area (Å²) >= 11 is -2.19. The molecule has 0 amide bonds. The van der Waals surface area contributed by atoms with Gasteiger partial charge in [-0.25, -0.2) is 0 Å². The monoisotopic (exact) mass is 431 g/mol. The molecule has 0 aromatic carbocycles. The second kappa shape index (κ2) is 15.8. The average Bonchev–Trinajstić information content (AvgIpc) is 2.58. The Labute approximate surface area is 152 Å². The average molecular weight is 430 g/mol. The fourth-order valence-electron chi connectivity index (χ4n) is 3.64. The van der Waals surface area contributed by atoms with E-state index in [-0.39, 0.29) is 0 Å². The van der Waals surface area contributed by atoms with Crippen LogP contribution in [0.25, 0.3) is 0 Å². The van der Waals surface area contributed by atoms with Gasteiger partial charge >= 0.3 is 153 Å². The van der Waals surface area contributed by atoms with Crippen LogP contribution < -0.4 is 0 Å². The molecule has 0 N–H and O–H groups in total. The Hall–Kier alpha value is 0.339. The van der Waals surface area contributed by atoms with Gasteiger partial charge in [-0.3, -0.25) is 0 Å². The van der Waals surface area contributed by atoms with Crippen molar-refractivity contribution in [1.29, 1.82) is 0 Å². The van der Waals surface area contributed by atoms with E-state index in [1.807, 2.05) is 0 Å². The van der Waals surface area contributed by atoms with Gasteiger partial charge in [-0.05, 0) is 0 Å². The molecule has 0 saturated heterocycles. The van der Waals surface area contributed by atoms with Crippen LogP contribution in [0, 0.1) is 0 Å². The van der Waals surface area contributed by atoms with Gasteiger partial charge in [0, 0.05) is 0 Å². The van der Waals surface area contributed by atoms with E-state index in [0.717, 1.165) is 0 Å². The van der Waals surface area contributed by atoms with Crippen molar-refractivity contribution in [2.24, 2.45) is 0 Å². The number of hydrogen-bond donors (Lipinski definition) is 0. The quantitative estimate of drug-likeness (QED) is 0.179. The SMILES string of the molecule is CCCCCC=C[N](CC)[Sn]([CH2]CCC)([CH2]CCC)[CH2]CCC. The fourth-order valence-corrected chi connectivity index (χ4v) is 20.0. The molecule has 0 aliphatic carbocycles. The van der Waals surface area contributed by atoms with Crippen molar-refractivity contribution in [1.82, 2.24) is 3.12 Å². The summed E-state index contributed by atoms with van der Waals surface area (Å²) in [5.41, 5.74) is 0. The first-order valence-corrected chi connectivity index (χ1v) is 18.0. The minimum atomic E-state index is -2.19. The third-order valence-corrected chi connectivity index (χ3v) is 21.0. The summed E-state index contributed by atoms with van der Waals surface area (Å²) in [7, 11) is 0. The predicted molar refractivity (Wildman–Crippen MR) is 111 cm³/mol. The van der Waals surface area contributed by atoms with Crippen molar-refractivity contribution in [3.63, 3.8) is 0 Å².